The van der Waals surface area contributed by atoms with Gasteiger partial charge in [0.1, 0.15) is 5.01 Å². The van der Waals surface area contributed by atoms with Crippen LogP contribution in [0.25, 0.3) is 10.6 Å². The Labute approximate surface area is 127 Å². The van der Waals surface area contributed by atoms with Gasteiger partial charge in [-0.05, 0) is 31.2 Å². The van der Waals surface area contributed by atoms with E-state index >= 15 is 0 Å². The van der Waals surface area contributed by atoms with Crippen LogP contribution in [0.3, 0.4) is 0 Å². The highest BCUT2D eigenvalue weighted by molar-refractivity contribution is 7.13. The second kappa shape index (κ2) is 5.55. The van der Waals surface area contributed by atoms with Crippen molar-refractivity contribution in [2.75, 3.05) is 18.5 Å². The number of rotatable bonds is 3. The van der Waals surface area contributed by atoms with Crippen LogP contribution < -0.4 is 11.1 Å². The van der Waals surface area contributed by atoms with Gasteiger partial charge in [0.15, 0.2) is 0 Å². The van der Waals surface area contributed by atoms with Gasteiger partial charge in [-0.2, -0.15) is 0 Å². The molecule has 2 unspecified atom stereocenters. The quantitative estimate of drug-likeness (QED) is 0.910. The number of hydrogen-bond donors (Lipinski definition) is 2. The summed E-state index contributed by atoms with van der Waals surface area (Å²) < 4.78 is 5.31. The van der Waals surface area contributed by atoms with Gasteiger partial charge in [0.2, 0.25) is 5.91 Å². The summed E-state index contributed by atoms with van der Waals surface area (Å²) in [5.74, 6) is -0.102. The lowest BCUT2D eigenvalue weighted by atomic mass is 9.85. The van der Waals surface area contributed by atoms with Crippen LogP contribution in [0.5, 0.6) is 0 Å². The van der Waals surface area contributed by atoms with Crippen LogP contribution in [-0.4, -0.2) is 30.1 Å². The van der Waals surface area contributed by atoms with Crippen LogP contribution in [0.4, 0.5) is 5.69 Å². The summed E-state index contributed by atoms with van der Waals surface area (Å²) in [6, 6.07) is 7.37. The van der Waals surface area contributed by atoms with E-state index in [1.165, 1.54) is 0 Å². The zero-order valence-electron chi connectivity index (χ0n) is 11.7. The van der Waals surface area contributed by atoms with Crippen molar-refractivity contribution in [3.05, 3.63) is 35.8 Å². The molecule has 0 saturated carbocycles. The van der Waals surface area contributed by atoms with Crippen molar-refractivity contribution in [1.29, 1.82) is 0 Å². The molecule has 1 fully saturated rings. The molecular formula is C15H17N3O2S. The molecule has 0 aliphatic carbocycles. The van der Waals surface area contributed by atoms with Gasteiger partial charge in [-0.1, -0.05) is 0 Å². The molecular weight excluding hydrogens is 286 g/mol. The van der Waals surface area contributed by atoms with Crippen LogP contribution in [-0.2, 0) is 9.53 Å². The van der Waals surface area contributed by atoms with E-state index in [0.717, 1.165) is 16.3 Å². The topological polar surface area (TPSA) is 77.2 Å². The van der Waals surface area contributed by atoms with Crippen LogP contribution in [0.15, 0.2) is 35.8 Å². The molecule has 0 bridgehead atoms. The normalized spacial score (nSPS) is 25.0. The molecule has 110 valence electrons. The van der Waals surface area contributed by atoms with E-state index in [4.69, 9.17) is 10.5 Å². The summed E-state index contributed by atoms with van der Waals surface area (Å²) >= 11 is 1.58. The first-order chi connectivity index (χ1) is 10.1. The number of nitrogens with two attached hydrogens (primary N) is 1. The van der Waals surface area contributed by atoms with Gasteiger partial charge in [0, 0.05) is 28.9 Å². The molecule has 3 N–H and O–H groups in total. The average Bonchev–Trinajstić information content (AvgIpc) is 3.12. The molecule has 3 rings (SSSR count). The Morgan fingerprint density at radius 2 is 2.24 bits per heavy atom. The zero-order chi connectivity index (χ0) is 14.9. The minimum atomic E-state index is -0.673. The lowest BCUT2D eigenvalue weighted by Gasteiger charge is -2.25. The molecule has 1 saturated heterocycles. The van der Waals surface area contributed by atoms with Crippen molar-refractivity contribution < 1.29 is 9.53 Å². The number of thiazole rings is 1. The summed E-state index contributed by atoms with van der Waals surface area (Å²) in [5.41, 5.74) is 7.08. The third-order valence-corrected chi connectivity index (χ3v) is 4.68. The first kappa shape index (κ1) is 14.2. The predicted octanol–water partition coefficient (Wildman–Crippen LogP) is 2.11. The Balaban J connectivity index is 1.72. The summed E-state index contributed by atoms with van der Waals surface area (Å²) in [4.78, 5) is 16.6. The highest BCUT2D eigenvalue weighted by Gasteiger charge is 2.44. The number of aromatic nitrogens is 1. The number of hydrogen-bond acceptors (Lipinski definition) is 5. The zero-order valence-corrected chi connectivity index (χ0v) is 12.5. The van der Waals surface area contributed by atoms with Crippen molar-refractivity contribution in [3.63, 3.8) is 0 Å². The fourth-order valence-corrected chi connectivity index (χ4v) is 2.90. The van der Waals surface area contributed by atoms with Crippen LogP contribution in [0.1, 0.15) is 6.92 Å². The number of carbonyl (C=O) groups is 1. The molecule has 6 heteroatoms. The van der Waals surface area contributed by atoms with Gasteiger partial charge in [0.25, 0.3) is 0 Å². The third kappa shape index (κ3) is 2.70. The minimum absolute atomic E-state index is 0.102. The Hall–Kier alpha value is -1.76. The number of nitrogens with zero attached hydrogens (tertiary/aromatic N) is 1. The Morgan fingerprint density at radius 3 is 2.81 bits per heavy atom. The van der Waals surface area contributed by atoms with Crippen LogP contribution >= 0.6 is 11.3 Å². The lowest BCUT2D eigenvalue weighted by Crippen LogP contribution is -2.47. The SMILES string of the molecule is CC1(C(=O)Nc2ccc(-c3nccs3)cc2)COCC1N. The number of anilines is 1. The third-order valence-electron chi connectivity index (χ3n) is 3.86. The number of ether oxygens (including phenoxy) is 1. The molecule has 21 heavy (non-hydrogen) atoms. The van der Waals surface area contributed by atoms with Gasteiger partial charge in [0.05, 0.1) is 18.6 Å². The summed E-state index contributed by atoms with van der Waals surface area (Å²) in [5, 5.41) is 5.81. The number of amides is 1. The molecule has 5 nitrogen and oxygen atoms in total. The van der Waals surface area contributed by atoms with Gasteiger partial charge >= 0.3 is 0 Å². The fraction of sp³-hybridized carbons (Fsp3) is 0.333. The first-order valence-corrected chi connectivity index (χ1v) is 7.62. The van der Waals surface area contributed by atoms with Crippen molar-refractivity contribution in [2.45, 2.75) is 13.0 Å². The number of carbonyl (C=O) groups excluding carboxylic acids is 1. The minimum Gasteiger partial charge on any atom is -0.379 e. The van der Waals surface area contributed by atoms with Crippen LogP contribution in [0, 0.1) is 5.41 Å². The van der Waals surface area contributed by atoms with E-state index in [2.05, 4.69) is 10.3 Å². The van der Waals surface area contributed by atoms with E-state index in [1.54, 1.807) is 17.5 Å². The summed E-state index contributed by atoms with van der Waals surface area (Å²) in [6.45, 7) is 2.62. The van der Waals surface area contributed by atoms with Gasteiger partial charge in [-0.15, -0.1) is 11.3 Å². The molecule has 1 amide bonds. The van der Waals surface area contributed by atoms with Gasteiger partial charge in [-0.3, -0.25) is 4.79 Å². The fourth-order valence-electron chi connectivity index (χ4n) is 2.26. The largest absolute Gasteiger partial charge is 0.379 e. The van der Waals surface area contributed by atoms with Gasteiger partial charge < -0.3 is 15.8 Å². The second-order valence-electron chi connectivity index (χ2n) is 5.41. The monoisotopic (exact) mass is 303 g/mol. The maximum atomic E-state index is 12.4. The smallest absolute Gasteiger partial charge is 0.234 e. The molecule has 1 aliphatic heterocycles. The Bertz CT molecular complexity index is 627. The molecule has 2 heterocycles. The van der Waals surface area contributed by atoms with Crippen molar-refractivity contribution >= 4 is 22.9 Å². The average molecular weight is 303 g/mol. The molecule has 1 aromatic carbocycles. The lowest BCUT2D eigenvalue weighted by molar-refractivity contribution is -0.125. The Morgan fingerprint density at radius 1 is 1.48 bits per heavy atom. The Kier molecular flexibility index (Phi) is 3.75. The summed E-state index contributed by atoms with van der Waals surface area (Å²) in [7, 11) is 0. The molecule has 1 aliphatic rings. The highest BCUT2D eigenvalue weighted by atomic mass is 32.1. The van der Waals surface area contributed by atoms with E-state index in [-0.39, 0.29) is 11.9 Å². The van der Waals surface area contributed by atoms with E-state index in [9.17, 15) is 4.79 Å². The maximum Gasteiger partial charge on any atom is 0.234 e. The van der Waals surface area contributed by atoms with Crippen molar-refractivity contribution in [3.8, 4) is 10.6 Å². The van der Waals surface area contributed by atoms with E-state index in [0.29, 0.717) is 13.2 Å². The van der Waals surface area contributed by atoms with E-state index in [1.807, 2.05) is 36.6 Å². The van der Waals surface area contributed by atoms with E-state index < -0.39 is 5.41 Å². The molecule has 1 aromatic heterocycles. The maximum absolute atomic E-state index is 12.4. The number of benzene rings is 1. The molecule has 0 spiro atoms. The standard InChI is InChI=1S/C15H17N3O2S/c1-15(9-20-8-12(15)16)14(19)18-11-4-2-10(3-5-11)13-17-6-7-21-13/h2-7,12H,8-9,16H2,1H3,(H,18,19). The molecule has 0 radical (unpaired) electrons. The molecule has 2 atom stereocenters. The predicted molar refractivity (Wildman–Crippen MR) is 83.1 cm³/mol. The second-order valence-corrected chi connectivity index (χ2v) is 6.30. The van der Waals surface area contributed by atoms with Crippen molar-refractivity contribution in [1.82, 2.24) is 4.98 Å². The first-order valence-electron chi connectivity index (χ1n) is 6.74. The molecule has 2 aromatic rings. The van der Waals surface area contributed by atoms with Crippen molar-refractivity contribution in [2.24, 2.45) is 11.1 Å². The van der Waals surface area contributed by atoms with Gasteiger partial charge in [-0.25, -0.2) is 4.98 Å². The number of nitrogens with one attached hydrogen (secondary N) is 1. The summed E-state index contributed by atoms with van der Waals surface area (Å²) in [6.07, 6.45) is 1.78. The highest BCUT2D eigenvalue weighted by Crippen LogP contribution is 2.29. The van der Waals surface area contributed by atoms with Crippen LogP contribution in [0.2, 0.25) is 0 Å².